The fourth-order valence-corrected chi connectivity index (χ4v) is 4.95. The molecule has 0 saturated carbocycles. The van der Waals surface area contributed by atoms with Crippen LogP contribution in [0.4, 0.5) is 51.1 Å². The van der Waals surface area contributed by atoms with Crippen LogP contribution in [0.15, 0.2) is 24.3 Å². The van der Waals surface area contributed by atoms with Gasteiger partial charge in [0.2, 0.25) is 0 Å². The molecule has 0 amide bonds. The van der Waals surface area contributed by atoms with Crippen molar-refractivity contribution in [2.75, 3.05) is 16.8 Å². The molecule has 1 atom stereocenters. The van der Waals surface area contributed by atoms with Gasteiger partial charge in [-0.1, -0.05) is 11.2 Å². The highest BCUT2D eigenvalue weighted by molar-refractivity contribution is 5.65. The molecule has 4 rings (SSSR count). The zero-order chi connectivity index (χ0) is 28.9. The van der Waals surface area contributed by atoms with E-state index in [1.165, 1.54) is 31.9 Å². The van der Waals surface area contributed by atoms with Crippen molar-refractivity contribution in [1.82, 2.24) is 20.2 Å². The lowest BCUT2D eigenvalue weighted by Crippen LogP contribution is -2.30. The van der Waals surface area contributed by atoms with E-state index in [1.54, 1.807) is 0 Å². The van der Waals surface area contributed by atoms with Crippen molar-refractivity contribution < 1.29 is 39.5 Å². The van der Waals surface area contributed by atoms with E-state index >= 15 is 0 Å². The quantitative estimate of drug-likeness (QED) is 0.351. The van der Waals surface area contributed by atoms with Crippen LogP contribution in [-0.2, 0) is 32.1 Å². The number of nitrogens with one attached hydrogen (secondary N) is 1. The Morgan fingerprint density at radius 3 is 2.05 bits per heavy atom. The van der Waals surface area contributed by atoms with Crippen LogP contribution >= 0.6 is 0 Å². The van der Waals surface area contributed by atoms with Crippen LogP contribution < -0.4 is 10.2 Å². The molecule has 0 spiro atoms. The first-order valence-electron chi connectivity index (χ1n) is 11.7. The summed E-state index contributed by atoms with van der Waals surface area (Å²) in [7, 11) is 1.42. The lowest BCUT2D eigenvalue weighted by molar-refractivity contribution is -0.143. The van der Waals surface area contributed by atoms with Crippen molar-refractivity contribution in [2.24, 2.45) is 7.05 Å². The summed E-state index contributed by atoms with van der Waals surface area (Å²) in [5.74, 6) is -0.100. The van der Waals surface area contributed by atoms with Gasteiger partial charge in [0.05, 0.1) is 29.8 Å². The van der Waals surface area contributed by atoms with Gasteiger partial charge < -0.3 is 10.2 Å². The SMILES string of the molecule is Cc1cc2c(c(C)c1C(F)(F)F)NCCC[C@@H]2N(Cc1cc(C(F)(F)F)cc(C(F)(F)F)c1)c1nnn(C)n1. The van der Waals surface area contributed by atoms with Crippen molar-refractivity contribution in [2.45, 2.75) is 57.8 Å². The lowest BCUT2D eigenvalue weighted by atomic mass is 9.91. The monoisotopic (exact) mass is 566 g/mol. The number of alkyl halides is 9. The summed E-state index contributed by atoms with van der Waals surface area (Å²) in [5, 5.41) is 14.8. The highest BCUT2D eigenvalue weighted by Gasteiger charge is 2.40. The Morgan fingerprint density at radius 1 is 0.923 bits per heavy atom. The van der Waals surface area contributed by atoms with Crippen LogP contribution in [0.2, 0.25) is 0 Å². The topological polar surface area (TPSA) is 58.9 Å². The van der Waals surface area contributed by atoms with Gasteiger partial charge in [-0.3, -0.25) is 0 Å². The van der Waals surface area contributed by atoms with Crippen molar-refractivity contribution in [3.8, 4) is 0 Å². The molecular formula is C24H23F9N6. The molecule has 1 N–H and O–H groups in total. The summed E-state index contributed by atoms with van der Waals surface area (Å²) < 4.78 is 122. The van der Waals surface area contributed by atoms with Crippen molar-refractivity contribution in [3.63, 3.8) is 0 Å². The smallest absolute Gasteiger partial charge is 0.385 e. The normalized spacial score (nSPS) is 16.5. The number of benzene rings is 2. The summed E-state index contributed by atoms with van der Waals surface area (Å²) in [6, 6.07) is 1.80. The molecule has 1 aromatic heterocycles. The third-order valence-electron chi connectivity index (χ3n) is 6.53. The predicted molar refractivity (Wildman–Crippen MR) is 123 cm³/mol. The second kappa shape index (κ2) is 9.90. The minimum atomic E-state index is -5.05. The zero-order valence-electron chi connectivity index (χ0n) is 20.9. The average Bonchev–Trinajstić information content (AvgIpc) is 3.11. The van der Waals surface area contributed by atoms with Crippen LogP contribution in [-0.4, -0.2) is 26.8 Å². The summed E-state index contributed by atoms with van der Waals surface area (Å²) in [5.41, 5.74) is -3.65. The van der Waals surface area contributed by atoms with E-state index in [9.17, 15) is 39.5 Å². The summed E-state index contributed by atoms with van der Waals surface area (Å²) in [6.45, 7) is 2.42. The van der Waals surface area contributed by atoms with E-state index in [0.29, 0.717) is 37.1 Å². The first-order chi connectivity index (χ1) is 18.0. The van der Waals surface area contributed by atoms with E-state index < -0.39 is 47.8 Å². The number of tetrazole rings is 1. The second-order valence-electron chi connectivity index (χ2n) is 9.36. The van der Waals surface area contributed by atoms with Gasteiger partial charge in [-0.05, 0) is 72.4 Å². The molecule has 2 aromatic carbocycles. The molecular weight excluding hydrogens is 543 g/mol. The average molecular weight is 566 g/mol. The maximum atomic E-state index is 13.8. The minimum Gasteiger partial charge on any atom is -0.385 e. The number of rotatable bonds is 4. The molecule has 3 aromatic rings. The van der Waals surface area contributed by atoms with Gasteiger partial charge in [0.15, 0.2) is 0 Å². The highest BCUT2D eigenvalue weighted by atomic mass is 19.4. The molecule has 0 radical (unpaired) electrons. The van der Waals surface area contributed by atoms with Gasteiger partial charge in [-0.2, -0.15) is 44.3 Å². The van der Waals surface area contributed by atoms with Gasteiger partial charge >= 0.3 is 18.5 Å². The number of aryl methyl sites for hydroxylation is 2. The summed E-state index contributed by atoms with van der Waals surface area (Å²) in [4.78, 5) is 2.44. The largest absolute Gasteiger partial charge is 0.416 e. The molecule has 0 saturated heterocycles. The molecule has 39 heavy (non-hydrogen) atoms. The lowest BCUT2D eigenvalue weighted by Gasteiger charge is -2.32. The van der Waals surface area contributed by atoms with E-state index in [0.717, 1.165) is 4.80 Å². The third kappa shape index (κ3) is 5.91. The molecule has 0 unspecified atom stereocenters. The molecule has 2 heterocycles. The molecule has 0 bridgehead atoms. The maximum absolute atomic E-state index is 13.8. The molecule has 1 aliphatic rings. The maximum Gasteiger partial charge on any atom is 0.416 e. The number of fused-ring (bicyclic) bond motifs is 1. The van der Waals surface area contributed by atoms with Gasteiger partial charge in [0.1, 0.15) is 0 Å². The Balaban J connectivity index is 1.89. The van der Waals surface area contributed by atoms with E-state index in [2.05, 4.69) is 20.7 Å². The summed E-state index contributed by atoms with van der Waals surface area (Å²) in [6.07, 6.45) is -14.0. The van der Waals surface area contributed by atoms with E-state index in [4.69, 9.17) is 0 Å². The first-order valence-corrected chi connectivity index (χ1v) is 11.7. The number of anilines is 2. The van der Waals surface area contributed by atoms with E-state index in [1.807, 2.05) is 0 Å². The number of aromatic nitrogens is 4. The second-order valence-corrected chi connectivity index (χ2v) is 9.36. The number of nitrogens with zero attached hydrogens (tertiary/aromatic N) is 5. The fourth-order valence-electron chi connectivity index (χ4n) is 4.95. The standard InChI is InChI=1S/C24H23F9N6/c1-12-7-17-18(5-4-6-34-20(17)13(2)19(12)24(31,32)33)39(21-35-37-38(3)36-21)11-14-8-15(22(25,26)27)10-16(9-14)23(28,29)30/h7-10,18,34H,4-6,11H2,1-3H3/t18-/m0/s1. The number of hydrogen-bond donors (Lipinski definition) is 1. The van der Waals surface area contributed by atoms with Crippen LogP contribution in [0.1, 0.15) is 57.8 Å². The van der Waals surface area contributed by atoms with E-state index in [-0.39, 0.29) is 34.4 Å². The fraction of sp³-hybridized carbons (Fsp3) is 0.458. The van der Waals surface area contributed by atoms with Gasteiger partial charge in [0.25, 0.3) is 5.95 Å². The third-order valence-corrected chi connectivity index (χ3v) is 6.53. The van der Waals surface area contributed by atoms with Crippen LogP contribution in [0.25, 0.3) is 0 Å². The predicted octanol–water partition coefficient (Wildman–Crippen LogP) is 6.84. The molecule has 15 heteroatoms. The van der Waals surface area contributed by atoms with Crippen LogP contribution in [0, 0.1) is 13.8 Å². The Hall–Kier alpha value is -3.52. The molecule has 212 valence electrons. The Bertz CT molecular complexity index is 1330. The molecule has 6 nitrogen and oxygen atoms in total. The number of hydrogen-bond acceptors (Lipinski definition) is 5. The Labute approximate surface area is 216 Å². The zero-order valence-corrected chi connectivity index (χ0v) is 20.9. The highest BCUT2D eigenvalue weighted by Crippen LogP contribution is 2.45. The minimum absolute atomic E-state index is 0.0324. The first kappa shape index (κ1) is 28.5. The molecule has 0 fully saturated rings. The van der Waals surface area contributed by atoms with Crippen LogP contribution in [0.3, 0.4) is 0 Å². The Morgan fingerprint density at radius 2 is 1.54 bits per heavy atom. The number of halogens is 9. The van der Waals surface area contributed by atoms with Gasteiger partial charge in [0, 0.05) is 18.8 Å². The van der Waals surface area contributed by atoms with Gasteiger partial charge in [-0.15, -0.1) is 5.10 Å². The van der Waals surface area contributed by atoms with Crippen molar-refractivity contribution >= 4 is 11.6 Å². The van der Waals surface area contributed by atoms with Crippen LogP contribution in [0.5, 0.6) is 0 Å². The summed E-state index contributed by atoms with van der Waals surface area (Å²) >= 11 is 0. The van der Waals surface area contributed by atoms with Crippen molar-refractivity contribution in [1.29, 1.82) is 0 Å². The van der Waals surface area contributed by atoms with Crippen molar-refractivity contribution in [3.05, 3.63) is 63.2 Å². The molecule has 1 aliphatic heterocycles. The molecule has 0 aliphatic carbocycles. The van der Waals surface area contributed by atoms with Gasteiger partial charge in [-0.25, -0.2) is 0 Å². The Kier molecular flexibility index (Phi) is 7.23.